The van der Waals surface area contributed by atoms with E-state index in [0.717, 1.165) is 5.56 Å². The third-order valence-corrected chi connectivity index (χ3v) is 2.71. The Morgan fingerprint density at radius 2 is 1.95 bits per heavy atom. The van der Waals surface area contributed by atoms with Gasteiger partial charge < -0.3 is 15.2 Å². The van der Waals surface area contributed by atoms with Crippen LogP contribution in [0.3, 0.4) is 0 Å². The van der Waals surface area contributed by atoms with Crippen LogP contribution in [0.15, 0.2) is 12.1 Å². The summed E-state index contributed by atoms with van der Waals surface area (Å²) in [6.45, 7) is 1.86. The number of nitrogens with two attached hydrogens (primary N) is 1. The highest BCUT2D eigenvalue weighted by Gasteiger charge is 2.23. The molecule has 1 unspecified atom stereocenters. The van der Waals surface area contributed by atoms with Crippen LogP contribution in [0.2, 0.25) is 0 Å². The molecule has 0 fully saturated rings. The maximum Gasteiger partial charge on any atom is 0.255 e. The van der Waals surface area contributed by atoms with Gasteiger partial charge in [0.05, 0.1) is 14.2 Å². The first-order valence-corrected chi connectivity index (χ1v) is 5.86. The lowest BCUT2D eigenvalue weighted by atomic mass is 9.99. The number of hydrogen-bond acceptors (Lipinski definition) is 5. The predicted octanol–water partition coefficient (Wildman–Crippen LogP) is 0.605. The second-order valence-corrected chi connectivity index (χ2v) is 4.41. The molecule has 1 rings (SSSR count). The number of hydrogen-bond donors (Lipinski definition) is 2. The maximum atomic E-state index is 12.0. The first-order valence-electron chi connectivity index (χ1n) is 5.86. The smallest absolute Gasteiger partial charge is 0.255 e. The van der Waals surface area contributed by atoms with Crippen molar-refractivity contribution >= 4 is 5.91 Å². The molecular formula is C13H21N3O3. The number of nitrogens with one attached hydrogen (secondary N) is 1. The zero-order valence-electron chi connectivity index (χ0n) is 12.0. The van der Waals surface area contributed by atoms with Crippen molar-refractivity contribution < 1.29 is 14.3 Å². The highest BCUT2D eigenvalue weighted by molar-refractivity contribution is 5.84. The number of benzene rings is 1. The molecule has 6 nitrogen and oxygen atoms in total. The van der Waals surface area contributed by atoms with Gasteiger partial charge >= 0.3 is 0 Å². The average Bonchev–Trinajstić information content (AvgIpc) is 2.35. The average molecular weight is 267 g/mol. The Morgan fingerprint density at radius 1 is 1.32 bits per heavy atom. The monoisotopic (exact) mass is 267 g/mol. The molecule has 0 aliphatic heterocycles. The fourth-order valence-electron chi connectivity index (χ4n) is 1.84. The first kappa shape index (κ1) is 15.3. The molecule has 0 heterocycles. The summed E-state index contributed by atoms with van der Waals surface area (Å²) in [5.74, 6) is 0.910. The van der Waals surface area contributed by atoms with Crippen molar-refractivity contribution in [2.75, 3.05) is 28.3 Å². The van der Waals surface area contributed by atoms with E-state index in [9.17, 15) is 4.79 Å². The largest absolute Gasteiger partial charge is 0.497 e. The normalized spacial score (nSPS) is 12.2. The minimum atomic E-state index is -0.803. The highest BCUT2D eigenvalue weighted by atomic mass is 16.5. The van der Waals surface area contributed by atoms with Crippen molar-refractivity contribution in [1.29, 1.82) is 0 Å². The van der Waals surface area contributed by atoms with Crippen LogP contribution >= 0.6 is 0 Å². The zero-order valence-corrected chi connectivity index (χ0v) is 12.0. The van der Waals surface area contributed by atoms with E-state index in [1.54, 1.807) is 32.3 Å². The molecule has 0 radical (unpaired) electrons. The molecule has 6 heteroatoms. The number of ether oxygens (including phenoxy) is 2. The highest BCUT2D eigenvalue weighted by Crippen LogP contribution is 2.32. The summed E-state index contributed by atoms with van der Waals surface area (Å²) in [4.78, 5) is 12.0. The van der Waals surface area contributed by atoms with E-state index in [4.69, 9.17) is 15.2 Å². The predicted molar refractivity (Wildman–Crippen MR) is 73.0 cm³/mol. The lowest BCUT2D eigenvalue weighted by Crippen LogP contribution is -2.42. The number of amides is 1. The first-order chi connectivity index (χ1) is 8.90. The number of rotatable bonds is 5. The van der Waals surface area contributed by atoms with Crippen molar-refractivity contribution in [1.82, 2.24) is 10.4 Å². The molecule has 0 spiro atoms. The number of carbonyl (C=O) groups is 1. The van der Waals surface area contributed by atoms with Gasteiger partial charge in [0.15, 0.2) is 0 Å². The van der Waals surface area contributed by atoms with Gasteiger partial charge in [0.1, 0.15) is 17.5 Å². The quantitative estimate of drug-likeness (QED) is 0.764. The standard InChI is InChI=1S/C13H21N3O3/c1-8-6-9(18-4)7-10(19-5)11(8)12(14)13(17)15-16(2)3/h6-7,12H,14H2,1-5H3,(H,15,17). The lowest BCUT2D eigenvalue weighted by Gasteiger charge is -2.21. The number of nitrogens with zero attached hydrogens (tertiary/aromatic N) is 1. The summed E-state index contributed by atoms with van der Waals surface area (Å²) < 4.78 is 10.5. The second-order valence-electron chi connectivity index (χ2n) is 4.41. The maximum absolute atomic E-state index is 12.0. The second kappa shape index (κ2) is 6.40. The third kappa shape index (κ3) is 3.59. The van der Waals surface area contributed by atoms with E-state index in [1.807, 2.05) is 13.0 Å². The van der Waals surface area contributed by atoms with E-state index in [1.165, 1.54) is 7.11 Å². The molecule has 1 aromatic rings. The van der Waals surface area contributed by atoms with E-state index >= 15 is 0 Å². The molecule has 0 aliphatic rings. The van der Waals surface area contributed by atoms with Crippen molar-refractivity contribution in [3.05, 3.63) is 23.3 Å². The van der Waals surface area contributed by atoms with Crippen LogP contribution in [-0.4, -0.2) is 39.2 Å². The molecular weight excluding hydrogens is 246 g/mol. The van der Waals surface area contributed by atoms with Crippen LogP contribution in [0.4, 0.5) is 0 Å². The number of methoxy groups -OCH3 is 2. The van der Waals surface area contributed by atoms with Crippen molar-refractivity contribution in [3.63, 3.8) is 0 Å². The Bertz CT molecular complexity index is 461. The number of carbonyl (C=O) groups excluding carboxylic acids is 1. The fraction of sp³-hybridized carbons (Fsp3) is 0.462. The Morgan fingerprint density at radius 3 is 2.42 bits per heavy atom. The molecule has 19 heavy (non-hydrogen) atoms. The van der Waals surface area contributed by atoms with E-state index in [2.05, 4.69) is 5.43 Å². The third-order valence-electron chi connectivity index (χ3n) is 2.71. The van der Waals surface area contributed by atoms with Gasteiger partial charge in [-0.1, -0.05) is 0 Å². The number of aryl methyl sites for hydroxylation is 1. The van der Waals surface area contributed by atoms with Crippen molar-refractivity contribution in [2.45, 2.75) is 13.0 Å². The minimum absolute atomic E-state index is 0.295. The Labute approximate surface area is 113 Å². The fourth-order valence-corrected chi connectivity index (χ4v) is 1.84. The molecule has 0 bridgehead atoms. The molecule has 0 aromatic heterocycles. The molecule has 0 aliphatic carbocycles. The molecule has 1 aromatic carbocycles. The van der Waals surface area contributed by atoms with E-state index in [0.29, 0.717) is 17.1 Å². The summed E-state index contributed by atoms with van der Waals surface area (Å²) >= 11 is 0. The van der Waals surface area contributed by atoms with Crippen LogP contribution in [0.5, 0.6) is 11.5 Å². The summed E-state index contributed by atoms with van der Waals surface area (Å²) in [5, 5.41) is 1.55. The summed E-state index contributed by atoms with van der Waals surface area (Å²) in [6.07, 6.45) is 0. The van der Waals surface area contributed by atoms with Gasteiger partial charge in [-0.25, -0.2) is 5.01 Å². The van der Waals surface area contributed by atoms with Crippen LogP contribution in [0.25, 0.3) is 0 Å². The van der Waals surface area contributed by atoms with Gasteiger partial charge in [0.25, 0.3) is 5.91 Å². The van der Waals surface area contributed by atoms with Crippen LogP contribution in [-0.2, 0) is 4.79 Å². The molecule has 1 amide bonds. The Hall–Kier alpha value is -1.79. The summed E-state index contributed by atoms with van der Waals surface area (Å²) in [7, 11) is 6.56. The van der Waals surface area contributed by atoms with Crippen LogP contribution in [0, 0.1) is 6.92 Å². The molecule has 106 valence electrons. The lowest BCUT2D eigenvalue weighted by molar-refractivity contribution is -0.126. The zero-order chi connectivity index (χ0) is 14.6. The van der Waals surface area contributed by atoms with Crippen molar-refractivity contribution in [3.8, 4) is 11.5 Å². The molecule has 1 atom stereocenters. The van der Waals surface area contributed by atoms with Gasteiger partial charge in [0, 0.05) is 25.7 Å². The number of hydrazine groups is 1. The van der Waals surface area contributed by atoms with Gasteiger partial charge in [-0.15, -0.1) is 0 Å². The molecule has 0 saturated heterocycles. The Kier molecular flexibility index (Phi) is 5.14. The minimum Gasteiger partial charge on any atom is -0.497 e. The van der Waals surface area contributed by atoms with Gasteiger partial charge in [-0.05, 0) is 18.6 Å². The SMILES string of the molecule is COc1cc(C)c(C(N)C(=O)NN(C)C)c(OC)c1. The topological polar surface area (TPSA) is 76.8 Å². The molecule has 0 saturated carbocycles. The van der Waals surface area contributed by atoms with Gasteiger partial charge in [-0.3, -0.25) is 10.2 Å². The van der Waals surface area contributed by atoms with Crippen molar-refractivity contribution in [2.24, 2.45) is 5.73 Å². The molecule has 3 N–H and O–H groups in total. The van der Waals surface area contributed by atoms with Crippen LogP contribution in [0.1, 0.15) is 17.2 Å². The van der Waals surface area contributed by atoms with Gasteiger partial charge in [0.2, 0.25) is 0 Å². The van der Waals surface area contributed by atoms with E-state index < -0.39 is 6.04 Å². The van der Waals surface area contributed by atoms with Crippen LogP contribution < -0.4 is 20.6 Å². The summed E-state index contributed by atoms with van der Waals surface area (Å²) in [6, 6.07) is 2.73. The summed E-state index contributed by atoms with van der Waals surface area (Å²) in [5.41, 5.74) is 10.1. The van der Waals surface area contributed by atoms with Gasteiger partial charge in [-0.2, -0.15) is 0 Å². The Balaban J connectivity index is 3.14. The van der Waals surface area contributed by atoms with E-state index in [-0.39, 0.29) is 5.91 Å².